The van der Waals surface area contributed by atoms with Gasteiger partial charge >= 0.3 is 0 Å². The molecule has 0 radical (unpaired) electrons. The van der Waals surface area contributed by atoms with Crippen molar-refractivity contribution in [3.8, 4) is 17.4 Å². The lowest BCUT2D eigenvalue weighted by Gasteiger charge is -2.18. The Balaban J connectivity index is 2.05. The maximum atomic E-state index is 10.9. The van der Waals surface area contributed by atoms with Gasteiger partial charge in [-0.05, 0) is 37.3 Å². The van der Waals surface area contributed by atoms with Crippen LogP contribution in [0, 0.1) is 0 Å². The average Bonchev–Trinajstić information content (AvgIpc) is 2.50. The van der Waals surface area contributed by atoms with Crippen molar-refractivity contribution < 1.29 is 27.6 Å². The summed E-state index contributed by atoms with van der Waals surface area (Å²) in [5.74, 6) is 0.847. The first kappa shape index (κ1) is 18.8. The molecule has 1 aromatic carbocycles. The van der Waals surface area contributed by atoms with E-state index in [2.05, 4.69) is 4.98 Å². The summed E-state index contributed by atoms with van der Waals surface area (Å²) in [6.45, 7) is 1.31. The second kappa shape index (κ2) is 7.54. The molecule has 1 heterocycles. The molecule has 0 bridgehead atoms. The van der Waals surface area contributed by atoms with E-state index in [1.165, 1.54) is 43.5 Å². The van der Waals surface area contributed by atoms with Crippen molar-refractivity contribution in [2.24, 2.45) is 0 Å². The summed E-state index contributed by atoms with van der Waals surface area (Å²) in [5.41, 5.74) is -2.05. The molecule has 2 atom stereocenters. The molecule has 1 aromatic heterocycles. The molecule has 2 rings (SSSR count). The summed E-state index contributed by atoms with van der Waals surface area (Å²) in [5, 5.41) is 10.0. The maximum Gasteiger partial charge on any atom is 0.295 e. The van der Waals surface area contributed by atoms with Gasteiger partial charge in [0, 0.05) is 6.20 Å². The number of aromatic nitrogens is 1. The lowest BCUT2D eigenvalue weighted by molar-refractivity contribution is 0.0930. The van der Waals surface area contributed by atoms with Crippen molar-refractivity contribution in [1.29, 1.82) is 0 Å². The third-order valence-corrected chi connectivity index (χ3v) is 4.31. The van der Waals surface area contributed by atoms with Crippen LogP contribution in [-0.2, 0) is 10.1 Å². The highest BCUT2D eigenvalue weighted by Crippen LogP contribution is 2.30. The van der Waals surface area contributed by atoms with E-state index in [9.17, 15) is 13.5 Å². The van der Waals surface area contributed by atoms with Crippen molar-refractivity contribution in [3.63, 3.8) is 0 Å². The van der Waals surface area contributed by atoms with Gasteiger partial charge in [-0.25, -0.2) is 4.98 Å². The van der Waals surface area contributed by atoms with Gasteiger partial charge < -0.3 is 14.6 Å². The molecular formula is C14H13Cl2NO6S. The van der Waals surface area contributed by atoms with Crippen LogP contribution in [0.25, 0.3) is 0 Å². The van der Waals surface area contributed by atoms with Gasteiger partial charge in [-0.2, -0.15) is 8.42 Å². The minimum absolute atomic E-state index is 0.171. The molecule has 0 fully saturated rings. The van der Waals surface area contributed by atoms with Crippen molar-refractivity contribution in [1.82, 2.24) is 4.98 Å². The average molecular weight is 394 g/mol. The van der Waals surface area contributed by atoms with Gasteiger partial charge in [0.15, 0.2) is 0 Å². The predicted octanol–water partition coefficient (Wildman–Crippen LogP) is 3.15. The quantitative estimate of drug-likeness (QED) is 0.725. The van der Waals surface area contributed by atoms with Crippen LogP contribution >= 0.6 is 23.2 Å². The monoisotopic (exact) mass is 393 g/mol. The zero-order chi connectivity index (χ0) is 17.9. The molecule has 10 heteroatoms. The van der Waals surface area contributed by atoms with Gasteiger partial charge in [0.2, 0.25) is 11.3 Å². The third-order valence-electron chi connectivity index (χ3n) is 2.84. The minimum atomic E-state index is -4.61. The minimum Gasteiger partial charge on any atom is -0.487 e. The molecule has 0 aliphatic heterocycles. The normalized spacial score (nSPS) is 14.0. The number of hydrogen-bond acceptors (Lipinski definition) is 6. The largest absolute Gasteiger partial charge is 0.487 e. The highest BCUT2D eigenvalue weighted by molar-refractivity contribution is 7.86. The molecular weight excluding hydrogens is 381 g/mol. The Bertz CT molecular complexity index is 813. The number of nitrogens with zero attached hydrogens (tertiary/aromatic N) is 1. The third kappa shape index (κ3) is 4.96. The molecule has 7 nitrogen and oxygen atoms in total. The second-order valence-corrected chi connectivity index (χ2v) is 7.10. The fraction of sp³-hybridized carbons (Fsp3) is 0.214. The fourth-order valence-corrected chi connectivity index (χ4v) is 2.65. The van der Waals surface area contributed by atoms with Crippen molar-refractivity contribution in [3.05, 3.63) is 46.6 Å². The summed E-state index contributed by atoms with van der Waals surface area (Å²) >= 11 is 11.7. The molecule has 0 saturated heterocycles. The molecule has 0 saturated carbocycles. The van der Waals surface area contributed by atoms with Crippen LogP contribution in [0.15, 0.2) is 36.5 Å². The van der Waals surface area contributed by atoms with E-state index in [1.54, 1.807) is 0 Å². The maximum absolute atomic E-state index is 10.9. The standard InChI is InChI=1S/C14H13Cl2NO6S/c1-8(14(18)24(19,20)21)22-10-2-4-11(5-3-10)23-13-12(16)6-9(15)7-17-13/h2-8,14,18H,1H3,(H,19,20,21). The van der Waals surface area contributed by atoms with E-state index in [0.717, 1.165) is 0 Å². The zero-order valence-corrected chi connectivity index (χ0v) is 14.6. The van der Waals surface area contributed by atoms with E-state index in [4.69, 9.17) is 37.2 Å². The predicted molar refractivity (Wildman–Crippen MR) is 88.4 cm³/mol. The molecule has 24 heavy (non-hydrogen) atoms. The molecule has 0 amide bonds. The summed E-state index contributed by atoms with van der Waals surface area (Å²) in [4.78, 5) is 3.95. The van der Waals surface area contributed by atoms with Gasteiger partial charge in [0.05, 0.1) is 5.02 Å². The van der Waals surface area contributed by atoms with Crippen molar-refractivity contribution in [2.75, 3.05) is 0 Å². The first-order valence-corrected chi connectivity index (χ1v) is 8.82. The number of halogens is 2. The van der Waals surface area contributed by atoms with E-state index < -0.39 is 21.7 Å². The Kier molecular flexibility index (Phi) is 5.89. The number of hydrogen-bond donors (Lipinski definition) is 2. The lowest BCUT2D eigenvalue weighted by Crippen LogP contribution is -2.35. The van der Waals surface area contributed by atoms with E-state index in [-0.39, 0.29) is 16.7 Å². The molecule has 0 aliphatic carbocycles. The topological polar surface area (TPSA) is 106 Å². The summed E-state index contributed by atoms with van der Waals surface area (Å²) < 4.78 is 41.2. The Morgan fingerprint density at radius 1 is 1.17 bits per heavy atom. The Hall–Kier alpha value is -1.58. The number of benzene rings is 1. The van der Waals surface area contributed by atoms with Crippen LogP contribution in [-0.4, -0.2) is 34.6 Å². The van der Waals surface area contributed by atoms with Gasteiger partial charge in [0.25, 0.3) is 10.1 Å². The second-order valence-electron chi connectivity index (χ2n) is 4.74. The lowest BCUT2D eigenvalue weighted by atomic mass is 10.3. The molecule has 2 unspecified atom stereocenters. The molecule has 2 N–H and O–H groups in total. The SMILES string of the molecule is CC(Oc1ccc(Oc2ncc(Cl)cc2Cl)cc1)C(O)S(=O)(=O)O. The molecule has 2 aromatic rings. The van der Waals surface area contributed by atoms with Crippen LogP contribution in [0.4, 0.5) is 0 Å². The van der Waals surface area contributed by atoms with Crippen LogP contribution < -0.4 is 9.47 Å². The van der Waals surface area contributed by atoms with Crippen molar-refractivity contribution in [2.45, 2.75) is 18.5 Å². The molecule has 0 aliphatic rings. The number of rotatable bonds is 6. The Morgan fingerprint density at radius 2 is 1.75 bits per heavy atom. The first-order chi connectivity index (χ1) is 11.2. The fourth-order valence-electron chi connectivity index (χ4n) is 1.69. The van der Waals surface area contributed by atoms with E-state index >= 15 is 0 Å². The van der Waals surface area contributed by atoms with Gasteiger partial charge in [-0.1, -0.05) is 23.2 Å². The van der Waals surface area contributed by atoms with Gasteiger partial charge in [0.1, 0.15) is 22.6 Å². The summed E-state index contributed by atoms with van der Waals surface area (Å²) in [6.07, 6.45) is 0.220. The van der Waals surface area contributed by atoms with Crippen LogP contribution in [0.2, 0.25) is 10.0 Å². The van der Waals surface area contributed by atoms with Crippen LogP contribution in [0.5, 0.6) is 17.4 Å². The highest BCUT2D eigenvalue weighted by Gasteiger charge is 2.28. The van der Waals surface area contributed by atoms with E-state index in [0.29, 0.717) is 10.8 Å². The number of pyridine rings is 1. The van der Waals surface area contributed by atoms with Crippen LogP contribution in [0.3, 0.4) is 0 Å². The smallest absolute Gasteiger partial charge is 0.295 e. The summed E-state index contributed by atoms with van der Waals surface area (Å²) in [7, 11) is -4.61. The number of ether oxygens (including phenoxy) is 2. The molecule has 130 valence electrons. The van der Waals surface area contributed by atoms with Crippen molar-refractivity contribution >= 4 is 33.3 Å². The first-order valence-electron chi connectivity index (χ1n) is 6.57. The van der Waals surface area contributed by atoms with E-state index in [1.807, 2.05) is 0 Å². The molecule has 0 spiro atoms. The number of aliphatic hydroxyl groups excluding tert-OH is 1. The van der Waals surface area contributed by atoms with Crippen LogP contribution in [0.1, 0.15) is 6.92 Å². The Morgan fingerprint density at radius 3 is 2.29 bits per heavy atom. The summed E-state index contributed by atoms with van der Waals surface area (Å²) in [6, 6.07) is 7.54. The highest BCUT2D eigenvalue weighted by atomic mass is 35.5. The Labute approximate surface area is 148 Å². The van der Waals surface area contributed by atoms with Gasteiger partial charge in [-0.15, -0.1) is 0 Å². The zero-order valence-electron chi connectivity index (χ0n) is 12.3. The number of aliphatic hydroxyl groups is 1. The van der Waals surface area contributed by atoms with Gasteiger partial charge in [-0.3, -0.25) is 4.55 Å².